The van der Waals surface area contributed by atoms with Gasteiger partial charge in [0.1, 0.15) is 11.2 Å². The van der Waals surface area contributed by atoms with Crippen LogP contribution < -0.4 is 10.1 Å². The van der Waals surface area contributed by atoms with Crippen LogP contribution in [0.3, 0.4) is 0 Å². The van der Waals surface area contributed by atoms with Crippen LogP contribution in [-0.2, 0) is 9.53 Å². The number of aromatic nitrogens is 1. The van der Waals surface area contributed by atoms with E-state index < -0.39 is 23.2 Å². The van der Waals surface area contributed by atoms with Crippen molar-refractivity contribution in [3.63, 3.8) is 0 Å². The fourth-order valence-electron chi connectivity index (χ4n) is 5.00. The smallest absolute Gasteiger partial charge is 0.388 e. The van der Waals surface area contributed by atoms with Crippen molar-refractivity contribution in [1.29, 1.82) is 0 Å². The van der Waals surface area contributed by atoms with E-state index in [9.17, 15) is 18.0 Å². The molecule has 190 valence electrons. The minimum Gasteiger partial charge on any atom is -0.469 e. The lowest BCUT2D eigenvalue weighted by Gasteiger charge is -2.46. The van der Waals surface area contributed by atoms with Crippen molar-refractivity contribution in [3.8, 4) is 5.88 Å². The Morgan fingerprint density at radius 2 is 2.15 bits per heavy atom. The van der Waals surface area contributed by atoms with Crippen LogP contribution in [0.4, 0.5) is 13.2 Å². The molecular weight excluding hydrogens is 467 g/mol. The maximum atomic E-state index is 13.9. The van der Waals surface area contributed by atoms with E-state index in [4.69, 9.17) is 4.74 Å². The van der Waals surface area contributed by atoms with Crippen LogP contribution >= 0.6 is 11.8 Å². The summed E-state index contributed by atoms with van der Waals surface area (Å²) in [5, 5.41) is 2.76. The second kappa shape index (κ2) is 11.2. The number of thioether (sulfide) groups is 1. The number of nitrogens with zero attached hydrogens (tertiary/aromatic N) is 2. The van der Waals surface area contributed by atoms with E-state index >= 15 is 0 Å². The number of hydrogen-bond donors (Lipinski definition) is 1. The van der Waals surface area contributed by atoms with Gasteiger partial charge >= 0.3 is 12.6 Å². The quantitative estimate of drug-likeness (QED) is 0.459. The highest BCUT2D eigenvalue weighted by Crippen LogP contribution is 2.46. The number of ether oxygens (including phenoxy) is 2. The van der Waals surface area contributed by atoms with Gasteiger partial charge in [0.05, 0.1) is 24.3 Å². The molecule has 0 bridgehead atoms. The van der Waals surface area contributed by atoms with Crippen molar-refractivity contribution in [2.75, 3.05) is 26.7 Å². The molecule has 6 nitrogen and oxygen atoms in total. The predicted molar refractivity (Wildman–Crippen MR) is 126 cm³/mol. The van der Waals surface area contributed by atoms with Crippen molar-refractivity contribution < 1.29 is 27.4 Å². The van der Waals surface area contributed by atoms with E-state index in [0.29, 0.717) is 24.9 Å². The van der Waals surface area contributed by atoms with E-state index in [0.717, 1.165) is 42.6 Å². The molecule has 1 saturated heterocycles. The fourth-order valence-corrected chi connectivity index (χ4v) is 6.31. The molecule has 3 heterocycles. The molecule has 0 radical (unpaired) electrons. The van der Waals surface area contributed by atoms with Gasteiger partial charge in [0.2, 0.25) is 5.88 Å². The third-order valence-corrected chi connectivity index (χ3v) is 8.01. The lowest BCUT2D eigenvalue weighted by Crippen LogP contribution is -2.52. The van der Waals surface area contributed by atoms with Crippen LogP contribution in [0.25, 0.3) is 0 Å². The molecule has 0 aromatic carbocycles. The van der Waals surface area contributed by atoms with Gasteiger partial charge in [-0.15, -0.1) is 0 Å². The average molecular weight is 502 g/mol. The van der Waals surface area contributed by atoms with Crippen LogP contribution in [0.15, 0.2) is 22.9 Å². The Morgan fingerprint density at radius 3 is 2.76 bits per heavy atom. The Morgan fingerprint density at radius 1 is 1.41 bits per heavy atom. The summed E-state index contributed by atoms with van der Waals surface area (Å²) in [6.07, 6.45) is 3.31. The van der Waals surface area contributed by atoms with Gasteiger partial charge in [-0.2, -0.15) is 8.78 Å². The highest BCUT2D eigenvalue weighted by atomic mass is 32.2. The fraction of sp³-hybridized carbons (Fsp3) is 0.667. The summed E-state index contributed by atoms with van der Waals surface area (Å²) in [7, 11) is 1.45. The molecule has 2 aliphatic heterocycles. The standard InChI is InChI=1S/C24H34F3N3O3S/c1-6-7-24(22(31)32-5)9-16(14(2)3)11-30(13-24)12-19-15(4)29-21(34-19)18-8-17(25)10-28-20(18)33-23(26)27/h8,10,14,16,21,23,29H,6-7,9,11-13H2,1-5H3. The van der Waals surface area contributed by atoms with Gasteiger partial charge in [-0.25, -0.2) is 9.37 Å². The normalized spacial score (nSPS) is 25.7. The number of methoxy groups -OCH3 is 1. The van der Waals surface area contributed by atoms with E-state index in [2.05, 4.69) is 40.7 Å². The summed E-state index contributed by atoms with van der Waals surface area (Å²) in [6, 6.07) is 1.17. The highest BCUT2D eigenvalue weighted by molar-refractivity contribution is 8.03. The Balaban J connectivity index is 1.80. The molecule has 3 unspecified atom stereocenters. The number of carbonyl (C=O) groups is 1. The lowest BCUT2D eigenvalue weighted by molar-refractivity contribution is -0.159. The van der Waals surface area contributed by atoms with Gasteiger partial charge in [0.25, 0.3) is 0 Å². The van der Waals surface area contributed by atoms with Gasteiger partial charge in [0.15, 0.2) is 0 Å². The van der Waals surface area contributed by atoms with Gasteiger partial charge in [-0.3, -0.25) is 9.69 Å². The molecule has 3 atom stereocenters. The number of pyridine rings is 1. The summed E-state index contributed by atoms with van der Waals surface area (Å²) in [4.78, 5) is 19.9. The number of nitrogens with one attached hydrogen (secondary N) is 1. The topological polar surface area (TPSA) is 63.7 Å². The summed E-state index contributed by atoms with van der Waals surface area (Å²) in [5.41, 5.74) is 0.563. The molecule has 0 aliphatic carbocycles. The Bertz CT molecular complexity index is 915. The van der Waals surface area contributed by atoms with E-state index in [1.54, 1.807) is 0 Å². The number of allylic oxidation sites excluding steroid dienone is 1. The van der Waals surface area contributed by atoms with Gasteiger partial charge in [-0.05, 0) is 37.7 Å². The molecule has 10 heteroatoms. The molecule has 1 aromatic rings. The molecule has 3 rings (SSSR count). The van der Waals surface area contributed by atoms with Crippen molar-refractivity contribution in [1.82, 2.24) is 15.2 Å². The van der Waals surface area contributed by atoms with Crippen molar-refractivity contribution in [2.24, 2.45) is 17.3 Å². The van der Waals surface area contributed by atoms with Crippen LogP contribution in [0.2, 0.25) is 0 Å². The molecule has 34 heavy (non-hydrogen) atoms. The van der Waals surface area contributed by atoms with E-state index in [-0.39, 0.29) is 17.4 Å². The monoisotopic (exact) mass is 501 g/mol. The largest absolute Gasteiger partial charge is 0.469 e. The van der Waals surface area contributed by atoms with Crippen molar-refractivity contribution in [2.45, 2.75) is 58.9 Å². The first-order valence-electron chi connectivity index (χ1n) is 11.6. The van der Waals surface area contributed by atoms with E-state index in [1.165, 1.54) is 24.9 Å². The molecule has 0 spiro atoms. The predicted octanol–water partition coefficient (Wildman–Crippen LogP) is 5.33. The summed E-state index contributed by atoms with van der Waals surface area (Å²) in [6.45, 7) is 7.33. The molecule has 0 amide bonds. The van der Waals surface area contributed by atoms with Gasteiger partial charge in [0, 0.05) is 30.2 Å². The molecule has 1 N–H and O–H groups in total. The second-order valence-corrected chi connectivity index (χ2v) is 10.7. The van der Waals surface area contributed by atoms with Crippen molar-refractivity contribution in [3.05, 3.63) is 34.2 Å². The van der Waals surface area contributed by atoms with Gasteiger partial charge < -0.3 is 14.8 Å². The maximum absolute atomic E-state index is 13.9. The lowest BCUT2D eigenvalue weighted by atomic mass is 9.69. The maximum Gasteiger partial charge on any atom is 0.388 e. The molecular formula is C24H34F3N3O3S. The van der Waals surface area contributed by atoms with Crippen LogP contribution in [0.1, 0.15) is 57.9 Å². The third-order valence-electron chi connectivity index (χ3n) is 6.68. The zero-order chi connectivity index (χ0) is 25.0. The van der Waals surface area contributed by atoms with Crippen LogP contribution in [0.5, 0.6) is 5.88 Å². The average Bonchev–Trinajstić information content (AvgIpc) is 3.13. The number of alkyl halides is 2. The molecule has 1 aromatic heterocycles. The SMILES string of the molecule is CCCC1(C(=O)OC)CC(C(C)C)CN(CC2=C(C)NC(c3cc(F)cnc3OC(F)F)S2)C1. The number of halogens is 3. The van der Waals surface area contributed by atoms with Crippen LogP contribution in [0, 0.1) is 23.1 Å². The van der Waals surface area contributed by atoms with Gasteiger partial charge in [-0.1, -0.05) is 39.0 Å². The zero-order valence-electron chi connectivity index (χ0n) is 20.4. The first kappa shape index (κ1) is 26.7. The second-order valence-electron chi connectivity index (χ2n) is 9.52. The summed E-state index contributed by atoms with van der Waals surface area (Å²) >= 11 is 1.43. The number of piperidine rings is 1. The Hall–Kier alpha value is -1.94. The molecule has 2 aliphatic rings. The molecule has 1 fully saturated rings. The number of esters is 1. The van der Waals surface area contributed by atoms with Crippen LogP contribution in [-0.4, -0.2) is 49.2 Å². The minimum atomic E-state index is -3.05. The minimum absolute atomic E-state index is 0.162. The highest BCUT2D eigenvalue weighted by Gasteiger charge is 2.46. The summed E-state index contributed by atoms with van der Waals surface area (Å²) in [5.74, 6) is -0.323. The Labute approximate surface area is 203 Å². The number of likely N-dealkylation sites (tertiary alicyclic amines) is 1. The summed E-state index contributed by atoms with van der Waals surface area (Å²) < 4.78 is 49.3. The van der Waals surface area contributed by atoms with E-state index in [1.807, 2.05) is 6.92 Å². The Kier molecular flexibility index (Phi) is 8.78. The third kappa shape index (κ3) is 6.00. The zero-order valence-corrected chi connectivity index (χ0v) is 21.2. The number of carbonyl (C=O) groups excluding carboxylic acids is 1. The number of rotatable bonds is 9. The number of hydrogen-bond acceptors (Lipinski definition) is 7. The molecule has 0 saturated carbocycles. The van der Waals surface area contributed by atoms with Crippen molar-refractivity contribution >= 4 is 17.7 Å². The first-order chi connectivity index (χ1) is 16.1. The first-order valence-corrected chi connectivity index (χ1v) is 12.5.